The lowest BCUT2D eigenvalue weighted by molar-refractivity contribution is -0.152. The van der Waals surface area contributed by atoms with Crippen molar-refractivity contribution in [3.63, 3.8) is 0 Å². The smallest absolute Gasteiger partial charge is 0.329 e. The molecule has 1 aliphatic rings. The minimum Gasteiger partial charge on any atom is -0.480 e. The van der Waals surface area contributed by atoms with Crippen LogP contribution >= 0.6 is 0 Å². The molecule has 1 amide bonds. The Kier molecular flexibility index (Phi) is 4.39. The standard InChI is InChI=1S/C15H20N2O3/c16-12(8-7-11-5-2-1-3-6-11)13(18)17-15(14(19)20)9-4-10-15/h1-3,5-6,12H,4,7-10,16H2,(H,17,18)(H,19,20). The number of aliphatic carboxylic acids is 1. The first-order valence-corrected chi connectivity index (χ1v) is 6.88. The zero-order chi connectivity index (χ0) is 14.6. The van der Waals surface area contributed by atoms with Crippen LogP contribution in [0.25, 0.3) is 0 Å². The molecule has 1 aromatic rings. The minimum absolute atomic E-state index is 0.372. The third-order valence-corrected chi connectivity index (χ3v) is 3.90. The van der Waals surface area contributed by atoms with Gasteiger partial charge in [-0.1, -0.05) is 30.3 Å². The first kappa shape index (κ1) is 14.5. The number of aryl methyl sites for hydroxylation is 1. The molecule has 2 rings (SSSR count). The number of carboxylic acid groups (broad SMARTS) is 1. The van der Waals surface area contributed by atoms with Crippen molar-refractivity contribution < 1.29 is 14.7 Å². The van der Waals surface area contributed by atoms with Gasteiger partial charge in [0.1, 0.15) is 5.54 Å². The van der Waals surface area contributed by atoms with Crippen molar-refractivity contribution >= 4 is 11.9 Å². The first-order valence-electron chi connectivity index (χ1n) is 6.88. The van der Waals surface area contributed by atoms with Gasteiger partial charge in [0.2, 0.25) is 5.91 Å². The van der Waals surface area contributed by atoms with Gasteiger partial charge in [-0.15, -0.1) is 0 Å². The van der Waals surface area contributed by atoms with Gasteiger partial charge in [-0.05, 0) is 37.7 Å². The molecule has 1 fully saturated rings. The Hall–Kier alpha value is -1.88. The molecule has 20 heavy (non-hydrogen) atoms. The molecule has 108 valence electrons. The highest BCUT2D eigenvalue weighted by Crippen LogP contribution is 2.32. The molecule has 1 unspecified atom stereocenters. The molecule has 5 nitrogen and oxygen atoms in total. The Morgan fingerprint density at radius 3 is 2.45 bits per heavy atom. The Bertz CT molecular complexity index is 483. The zero-order valence-electron chi connectivity index (χ0n) is 11.3. The van der Waals surface area contributed by atoms with E-state index in [0.717, 1.165) is 12.0 Å². The summed E-state index contributed by atoms with van der Waals surface area (Å²) >= 11 is 0. The third-order valence-electron chi connectivity index (χ3n) is 3.90. The second kappa shape index (κ2) is 6.05. The third kappa shape index (κ3) is 3.17. The fourth-order valence-corrected chi connectivity index (χ4v) is 2.35. The zero-order valence-corrected chi connectivity index (χ0v) is 11.3. The van der Waals surface area contributed by atoms with E-state index in [1.165, 1.54) is 0 Å². The van der Waals surface area contributed by atoms with E-state index in [-0.39, 0.29) is 5.91 Å². The summed E-state index contributed by atoms with van der Waals surface area (Å²) in [7, 11) is 0. The number of carbonyl (C=O) groups is 2. The SMILES string of the molecule is NC(CCc1ccccc1)C(=O)NC1(C(=O)O)CCC1. The van der Waals surface area contributed by atoms with Gasteiger partial charge in [-0.25, -0.2) is 4.79 Å². The van der Waals surface area contributed by atoms with Crippen LogP contribution < -0.4 is 11.1 Å². The molecule has 5 heteroatoms. The molecule has 1 aliphatic carbocycles. The van der Waals surface area contributed by atoms with Crippen molar-refractivity contribution in [2.45, 2.75) is 43.7 Å². The maximum atomic E-state index is 12.0. The van der Waals surface area contributed by atoms with Gasteiger partial charge < -0.3 is 16.2 Å². The number of nitrogens with one attached hydrogen (secondary N) is 1. The number of amides is 1. The van der Waals surface area contributed by atoms with Crippen LogP contribution in [0.1, 0.15) is 31.2 Å². The summed E-state index contributed by atoms with van der Waals surface area (Å²) in [4.78, 5) is 23.2. The van der Waals surface area contributed by atoms with E-state index in [9.17, 15) is 9.59 Å². The molecule has 0 radical (unpaired) electrons. The van der Waals surface area contributed by atoms with Crippen molar-refractivity contribution in [1.82, 2.24) is 5.32 Å². The lowest BCUT2D eigenvalue weighted by Gasteiger charge is -2.38. The van der Waals surface area contributed by atoms with E-state index in [1.807, 2.05) is 30.3 Å². The fraction of sp³-hybridized carbons (Fsp3) is 0.467. The Balaban J connectivity index is 1.84. The normalized spacial score (nSPS) is 17.9. The van der Waals surface area contributed by atoms with Crippen LogP contribution in [0.4, 0.5) is 0 Å². The van der Waals surface area contributed by atoms with Gasteiger partial charge in [-0.2, -0.15) is 0 Å². The maximum absolute atomic E-state index is 12.0. The molecule has 1 aromatic carbocycles. The number of carboxylic acids is 1. The van der Waals surface area contributed by atoms with E-state index in [2.05, 4.69) is 5.32 Å². The summed E-state index contributed by atoms with van der Waals surface area (Å²) in [5.41, 5.74) is 5.88. The molecule has 0 heterocycles. The van der Waals surface area contributed by atoms with Gasteiger partial charge in [0.25, 0.3) is 0 Å². The van der Waals surface area contributed by atoms with Crippen molar-refractivity contribution in [3.05, 3.63) is 35.9 Å². The highest BCUT2D eigenvalue weighted by atomic mass is 16.4. The maximum Gasteiger partial charge on any atom is 0.329 e. The highest BCUT2D eigenvalue weighted by molar-refractivity contribution is 5.90. The molecule has 0 aliphatic heterocycles. The van der Waals surface area contributed by atoms with Gasteiger partial charge in [0.05, 0.1) is 6.04 Å². The fourth-order valence-electron chi connectivity index (χ4n) is 2.35. The quantitative estimate of drug-likeness (QED) is 0.724. The lowest BCUT2D eigenvalue weighted by atomic mass is 9.76. The molecule has 0 aromatic heterocycles. The predicted molar refractivity (Wildman–Crippen MR) is 75.1 cm³/mol. The highest BCUT2D eigenvalue weighted by Gasteiger charge is 2.46. The molecule has 1 atom stereocenters. The summed E-state index contributed by atoms with van der Waals surface area (Å²) in [5.74, 6) is -1.34. The van der Waals surface area contributed by atoms with Crippen LogP contribution in [-0.2, 0) is 16.0 Å². The van der Waals surface area contributed by atoms with Crippen LogP contribution in [0.15, 0.2) is 30.3 Å². The second-order valence-corrected chi connectivity index (χ2v) is 5.36. The molecule has 4 N–H and O–H groups in total. The van der Waals surface area contributed by atoms with E-state index in [4.69, 9.17) is 10.8 Å². The predicted octanol–water partition coefficient (Wildman–Crippen LogP) is 1.07. The van der Waals surface area contributed by atoms with Gasteiger partial charge >= 0.3 is 5.97 Å². The topological polar surface area (TPSA) is 92.4 Å². The van der Waals surface area contributed by atoms with Crippen molar-refractivity contribution in [2.24, 2.45) is 5.73 Å². The lowest BCUT2D eigenvalue weighted by Crippen LogP contribution is -2.61. The van der Waals surface area contributed by atoms with Crippen molar-refractivity contribution in [3.8, 4) is 0 Å². The monoisotopic (exact) mass is 276 g/mol. The summed E-state index contributed by atoms with van der Waals surface area (Å²) in [6.07, 6.45) is 3.01. The van der Waals surface area contributed by atoms with Gasteiger partial charge in [0.15, 0.2) is 0 Å². The number of rotatable bonds is 6. The number of nitrogens with two attached hydrogens (primary N) is 1. The number of hydrogen-bond donors (Lipinski definition) is 3. The van der Waals surface area contributed by atoms with E-state index < -0.39 is 17.6 Å². The Labute approximate surface area is 118 Å². The van der Waals surface area contributed by atoms with Crippen LogP contribution in [0.3, 0.4) is 0 Å². The van der Waals surface area contributed by atoms with Gasteiger partial charge in [0, 0.05) is 0 Å². The first-order chi connectivity index (χ1) is 9.53. The van der Waals surface area contributed by atoms with Crippen LogP contribution in [0.2, 0.25) is 0 Å². The molecular weight excluding hydrogens is 256 g/mol. The van der Waals surface area contributed by atoms with Crippen molar-refractivity contribution in [2.75, 3.05) is 0 Å². The average molecular weight is 276 g/mol. The molecule has 0 spiro atoms. The van der Waals surface area contributed by atoms with Crippen LogP contribution in [0.5, 0.6) is 0 Å². The van der Waals surface area contributed by atoms with Crippen LogP contribution in [-0.4, -0.2) is 28.6 Å². The summed E-state index contributed by atoms with van der Waals surface area (Å²) in [6, 6.07) is 9.10. The molecule has 0 saturated heterocycles. The molecule has 1 saturated carbocycles. The second-order valence-electron chi connectivity index (χ2n) is 5.36. The molecule has 0 bridgehead atoms. The largest absolute Gasteiger partial charge is 0.480 e. The number of benzene rings is 1. The van der Waals surface area contributed by atoms with Crippen molar-refractivity contribution in [1.29, 1.82) is 0 Å². The Morgan fingerprint density at radius 1 is 1.30 bits per heavy atom. The summed E-state index contributed by atoms with van der Waals surface area (Å²) in [6.45, 7) is 0. The van der Waals surface area contributed by atoms with E-state index in [0.29, 0.717) is 25.7 Å². The van der Waals surface area contributed by atoms with E-state index in [1.54, 1.807) is 0 Å². The Morgan fingerprint density at radius 2 is 1.95 bits per heavy atom. The minimum atomic E-state index is -1.08. The summed E-state index contributed by atoms with van der Waals surface area (Å²) < 4.78 is 0. The van der Waals surface area contributed by atoms with Gasteiger partial charge in [-0.3, -0.25) is 4.79 Å². The molecular formula is C15H20N2O3. The van der Waals surface area contributed by atoms with E-state index >= 15 is 0 Å². The number of carbonyl (C=O) groups excluding carboxylic acids is 1. The average Bonchev–Trinajstić information content (AvgIpc) is 2.40. The number of hydrogen-bond acceptors (Lipinski definition) is 3. The van der Waals surface area contributed by atoms with Crippen LogP contribution in [0, 0.1) is 0 Å². The summed E-state index contributed by atoms with van der Waals surface area (Å²) in [5, 5.41) is 11.8.